The fourth-order valence-corrected chi connectivity index (χ4v) is 3.15. The first-order valence-corrected chi connectivity index (χ1v) is 7.71. The molecule has 20 heavy (non-hydrogen) atoms. The molecule has 1 aliphatic carbocycles. The van der Waals surface area contributed by atoms with Crippen molar-refractivity contribution in [1.82, 2.24) is 4.98 Å². The van der Waals surface area contributed by atoms with Gasteiger partial charge in [0, 0.05) is 12.1 Å². The number of rotatable bonds is 4. The van der Waals surface area contributed by atoms with E-state index in [0.717, 1.165) is 4.70 Å². The molecule has 5 heteroatoms. The summed E-state index contributed by atoms with van der Waals surface area (Å²) in [5, 5.41) is 10.6. The van der Waals surface area contributed by atoms with E-state index in [1.54, 1.807) is 19.9 Å². The SMILES string of the molecule is CC(C)(O)c1nc2cc(F)c(OCC3CCC3)cc2s1. The Morgan fingerprint density at radius 3 is 2.80 bits per heavy atom. The van der Waals surface area contributed by atoms with Crippen molar-refractivity contribution in [3.8, 4) is 5.75 Å². The number of nitrogens with zero attached hydrogens (tertiary/aromatic N) is 1. The van der Waals surface area contributed by atoms with Crippen LogP contribution in [0.3, 0.4) is 0 Å². The molecule has 1 fully saturated rings. The largest absolute Gasteiger partial charge is 0.490 e. The Morgan fingerprint density at radius 2 is 2.20 bits per heavy atom. The Morgan fingerprint density at radius 1 is 1.45 bits per heavy atom. The Bertz CT molecular complexity index is 629. The van der Waals surface area contributed by atoms with Gasteiger partial charge in [0.2, 0.25) is 0 Å². The van der Waals surface area contributed by atoms with Gasteiger partial charge in [0.15, 0.2) is 11.6 Å². The highest BCUT2D eigenvalue weighted by Gasteiger charge is 2.23. The highest BCUT2D eigenvalue weighted by molar-refractivity contribution is 7.18. The predicted molar refractivity (Wildman–Crippen MR) is 77.7 cm³/mol. The van der Waals surface area contributed by atoms with E-state index in [1.165, 1.54) is 36.7 Å². The van der Waals surface area contributed by atoms with Crippen LogP contribution in [0.15, 0.2) is 12.1 Å². The predicted octanol–water partition coefficient (Wildman–Crippen LogP) is 3.84. The van der Waals surface area contributed by atoms with Crippen LogP contribution < -0.4 is 4.74 Å². The number of fused-ring (bicyclic) bond motifs is 1. The fraction of sp³-hybridized carbons (Fsp3) is 0.533. The maximum Gasteiger partial charge on any atom is 0.167 e. The van der Waals surface area contributed by atoms with Gasteiger partial charge >= 0.3 is 0 Å². The quantitative estimate of drug-likeness (QED) is 0.932. The van der Waals surface area contributed by atoms with Crippen LogP contribution in [0.1, 0.15) is 38.1 Å². The molecule has 108 valence electrons. The van der Waals surface area contributed by atoms with E-state index >= 15 is 0 Å². The second-order valence-corrected chi connectivity index (χ2v) is 6.97. The lowest BCUT2D eigenvalue weighted by Gasteiger charge is -2.25. The van der Waals surface area contributed by atoms with Crippen LogP contribution in [-0.2, 0) is 5.60 Å². The Balaban J connectivity index is 1.87. The molecule has 2 aromatic rings. The Kier molecular flexibility index (Phi) is 3.42. The van der Waals surface area contributed by atoms with Gasteiger partial charge in [-0.05, 0) is 32.6 Å². The molecule has 1 aromatic heterocycles. The number of thiazole rings is 1. The van der Waals surface area contributed by atoms with Crippen LogP contribution in [0.4, 0.5) is 4.39 Å². The van der Waals surface area contributed by atoms with Crippen LogP contribution in [-0.4, -0.2) is 16.7 Å². The molecule has 0 saturated heterocycles. The van der Waals surface area contributed by atoms with E-state index in [2.05, 4.69) is 4.98 Å². The highest BCUT2D eigenvalue weighted by atomic mass is 32.1. The summed E-state index contributed by atoms with van der Waals surface area (Å²) in [7, 11) is 0. The van der Waals surface area contributed by atoms with Gasteiger partial charge in [-0.1, -0.05) is 6.42 Å². The van der Waals surface area contributed by atoms with Crippen molar-refractivity contribution in [2.24, 2.45) is 5.92 Å². The average molecular weight is 295 g/mol. The zero-order valence-electron chi connectivity index (χ0n) is 11.6. The molecule has 0 radical (unpaired) electrons. The van der Waals surface area contributed by atoms with E-state index in [9.17, 15) is 9.50 Å². The first-order valence-electron chi connectivity index (χ1n) is 6.89. The van der Waals surface area contributed by atoms with Crippen LogP contribution in [0.5, 0.6) is 5.75 Å². The zero-order chi connectivity index (χ0) is 14.3. The second-order valence-electron chi connectivity index (χ2n) is 5.94. The molecule has 0 atom stereocenters. The van der Waals surface area contributed by atoms with Crippen molar-refractivity contribution in [1.29, 1.82) is 0 Å². The van der Waals surface area contributed by atoms with Crippen molar-refractivity contribution < 1.29 is 14.2 Å². The molecule has 0 aliphatic heterocycles. The van der Waals surface area contributed by atoms with Gasteiger partial charge in [0.25, 0.3) is 0 Å². The van der Waals surface area contributed by atoms with Crippen molar-refractivity contribution in [2.45, 2.75) is 38.7 Å². The summed E-state index contributed by atoms with van der Waals surface area (Å²) in [5.41, 5.74) is -0.437. The minimum Gasteiger partial charge on any atom is -0.490 e. The molecule has 0 spiro atoms. The number of benzene rings is 1. The summed E-state index contributed by atoms with van der Waals surface area (Å²) in [6.45, 7) is 3.93. The third-order valence-electron chi connectivity index (χ3n) is 3.66. The van der Waals surface area contributed by atoms with Crippen molar-refractivity contribution in [3.63, 3.8) is 0 Å². The number of hydrogen-bond donors (Lipinski definition) is 1. The van der Waals surface area contributed by atoms with Crippen molar-refractivity contribution >= 4 is 21.6 Å². The van der Waals surface area contributed by atoms with Gasteiger partial charge in [-0.25, -0.2) is 9.37 Å². The number of ether oxygens (including phenoxy) is 1. The molecular weight excluding hydrogens is 277 g/mol. The maximum absolute atomic E-state index is 14.0. The summed E-state index contributed by atoms with van der Waals surface area (Å²) in [6, 6.07) is 3.08. The standard InChI is InChI=1S/C15H18FNO2S/c1-15(2,18)14-17-11-6-10(16)12(7-13(11)20-14)19-8-9-4-3-5-9/h6-7,9,18H,3-5,8H2,1-2H3. The van der Waals surface area contributed by atoms with Gasteiger partial charge in [-0.2, -0.15) is 0 Å². The Hall–Kier alpha value is -1.20. The topological polar surface area (TPSA) is 42.4 Å². The first kappa shape index (κ1) is 13.8. The van der Waals surface area contributed by atoms with Gasteiger partial charge in [-0.15, -0.1) is 11.3 Å². The molecule has 1 aromatic carbocycles. The minimum atomic E-state index is -1.01. The second kappa shape index (κ2) is 4.97. The molecule has 1 N–H and O–H groups in total. The van der Waals surface area contributed by atoms with E-state index in [1.807, 2.05) is 0 Å². The van der Waals surface area contributed by atoms with Gasteiger partial charge < -0.3 is 9.84 Å². The summed E-state index contributed by atoms with van der Waals surface area (Å²) >= 11 is 1.37. The lowest BCUT2D eigenvalue weighted by Crippen LogP contribution is -2.19. The molecule has 1 aliphatic rings. The molecule has 3 rings (SSSR count). The normalized spacial score (nSPS) is 16.4. The number of aromatic nitrogens is 1. The summed E-state index contributed by atoms with van der Waals surface area (Å²) in [5.74, 6) is 0.471. The van der Waals surface area contributed by atoms with Crippen molar-refractivity contribution in [2.75, 3.05) is 6.61 Å². The first-order chi connectivity index (χ1) is 9.43. The minimum absolute atomic E-state index is 0.287. The lowest BCUT2D eigenvalue weighted by atomic mass is 9.86. The number of halogens is 1. The Labute approximate surface area is 121 Å². The molecule has 1 saturated carbocycles. The van der Waals surface area contributed by atoms with E-state index in [-0.39, 0.29) is 11.6 Å². The van der Waals surface area contributed by atoms with E-state index < -0.39 is 5.60 Å². The van der Waals surface area contributed by atoms with Gasteiger partial charge in [0.05, 0.1) is 16.8 Å². The molecule has 1 heterocycles. The number of aliphatic hydroxyl groups is 1. The summed E-state index contributed by atoms with van der Waals surface area (Å²) in [6.07, 6.45) is 3.60. The van der Waals surface area contributed by atoms with Crippen molar-refractivity contribution in [3.05, 3.63) is 23.0 Å². The summed E-state index contributed by atoms with van der Waals surface area (Å²) < 4.78 is 20.4. The van der Waals surface area contributed by atoms with Gasteiger partial charge in [0.1, 0.15) is 10.6 Å². The zero-order valence-corrected chi connectivity index (χ0v) is 12.5. The number of hydrogen-bond acceptors (Lipinski definition) is 4. The molecular formula is C15H18FNO2S. The smallest absolute Gasteiger partial charge is 0.167 e. The molecule has 3 nitrogen and oxygen atoms in total. The average Bonchev–Trinajstić information content (AvgIpc) is 2.69. The van der Waals surface area contributed by atoms with Crippen LogP contribution >= 0.6 is 11.3 Å². The summed E-state index contributed by atoms with van der Waals surface area (Å²) in [4.78, 5) is 4.28. The monoisotopic (exact) mass is 295 g/mol. The molecule has 0 unspecified atom stereocenters. The highest BCUT2D eigenvalue weighted by Crippen LogP contribution is 2.34. The van der Waals surface area contributed by atoms with Gasteiger partial charge in [-0.3, -0.25) is 0 Å². The maximum atomic E-state index is 14.0. The van der Waals surface area contributed by atoms with Crippen LogP contribution in [0, 0.1) is 11.7 Å². The third-order valence-corrected chi connectivity index (χ3v) is 5.00. The fourth-order valence-electron chi connectivity index (χ4n) is 2.17. The van der Waals surface area contributed by atoms with Crippen LogP contribution in [0.2, 0.25) is 0 Å². The third kappa shape index (κ3) is 2.65. The van der Waals surface area contributed by atoms with Crippen LogP contribution in [0.25, 0.3) is 10.2 Å². The van der Waals surface area contributed by atoms with E-state index in [4.69, 9.17) is 4.74 Å². The molecule has 0 bridgehead atoms. The lowest BCUT2D eigenvalue weighted by molar-refractivity contribution is 0.0785. The molecule has 0 amide bonds. The van der Waals surface area contributed by atoms with E-state index in [0.29, 0.717) is 23.0 Å².